The Hall–Kier alpha value is -1.77. The molecule has 6 nitrogen and oxygen atoms in total. The van der Waals surface area contributed by atoms with Crippen molar-refractivity contribution in [3.05, 3.63) is 33.0 Å². The van der Waals surface area contributed by atoms with Gasteiger partial charge in [0.25, 0.3) is 5.91 Å². The summed E-state index contributed by atoms with van der Waals surface area (Å²) in [6.45, 7) is 6.08. The molecule has 0 radical (unpaired) electrons. The largest absolute Gasteiger partial charge is 0.342 e. The average molecular weight is 405 g/mol. The van der Waals surface area contributed by atoms with Crippen LogP contribution in [0.3, 0.4) is 0 Å². The zero-order valence-electron chi connectivity index (χ0n) is 15.4. The summed E-state index contributed by atoms with van der Waals surface area (Å²) in [5, 5.41) is 5.44. The van der Waals surface area contributed by atoms with E-state index in [1.807, 2.05) is 22.4 Å². The molecular weight excluding hydrogens is 380 g/mol. The fourth-order valence-corrected chi connectivity index (χ4v) is 5.22. The lowest BCUT2D eigenvalue weighted by Crippen LogP contribution is -2.44. The van der Waals surface area contributed by atoms with E-state index in [-0.39, 0.29) is 11.8 Å². The molecule has 2 aromatic rings. The van der Waals surface area contributed by atoms with Crippen LogP contribution >= 0.6 is 22.7 Å². The molecule has 0 saturated carbocycles. The summed E-state index contributed by atoms with van der Waals surface area (Å²) in [4.78, 5) is 35.4. The van der Waals surface area contributed by atoms with Crippen molar-refractivity contribution in [2.24, 2.45) is 5.92 Å². The maximum Gasteiger partial charge on any atom is 0.267 e. The Morgan fingerprint density at radius 1 is 1.30 bits per heavy atom. The van der Waals surface area contributed by atoms with Gasteiger partial charge in [0.05, 0.1) is 17.1 Å². The number of carbonyl (C=O) groups is 2. The summed E-state index contributed by atoms with van der Waals surface area (Å²) >= 11 is 2.94. The van der Waals surface area contributed by atoms with E-state index in [4.69, 9.17) is 0 Å². The smallest absolute Gasteiger partial charge is 0.267 e. The van der Waals surface area contributed by atoms with E-state index >= 15 is 0 Å². The Bertz CT molecular complexity index is 810. The predicted octanol–water partition coefficient (Wildman–Crippen LogP) is 3.07. The minimum absolute atomic E-state index is 0.109. The van der Waals surface area contributed by atoms with Gasteiger partial charge < -0.3 is 4.90 Å². The Morgan fingerprint density at radius 2 is 2.11 bits per heavy atom. The molecule has 1 fully saturated rings. The monoisotopic (exact) mass is 404 g/mol. The zero-order valence-corrected chi connectivity index (χ0v) is 17.1. The van der Waals surface area contributed by atoms with Crippen molar-refractivity contribution in [2.75, 3.05) is 31.5 Å². The molecule has 144 valence electrons. The second-order valence-electron chi connectivity index (χ2n) is 7.34. The Labute approximate surface area is 167 Å². The number of anilines is 1. The van der Waals surface area contributed by atoms with E-state index in [1.54, 1.807) is 0 Å². The van der Waals surface area contributed by atoms with Gasteiger partial charge in [0, 0.05) is 37.5 Å². The number of fused-ring (bicyclic) bond motifs is 1. The number of carbonyl (C=O) groups excluding carboxylic acids is 2. The highest BCUT2D eigenvalue weighted by Gasteiger charge is 2.26. The number of hydrogen-bond acceptors (Lipinski definition) is 6. The first kappa shape index (κ1) is 18.6. The first-order valence-electron chi connectivity index (χ1n) is 9.42. The second-order valence-corrected chi connectivity index (χ2v) is 9.38. The van der Waals surface area contributed by atoms with Gasteiger partial charge in [0.15, 0.2) is 5.13 Å². The molecule has 0 aliphatic carbocycles. The molecule has 4 rings (SSSR count). The summed E-state index contributed by atoms with van der Waals surface area (Å²) in [6.07, 6.45) is 3.04. The predicted molar refractivity (Wildman–Crippen MR) is 108 cm³/mol. The van der Waals surface area contributed by atoms with Crippen LogP contribution < -0.4 is 5.32 Å². The number of nitrogens with zero attached hydrogens (tertiary/aromatic N) is 3. The van der Waals surface area contributed by atoms with Gasteiger partial charge in [-0.05, 0) is 30.2 Å². The maximum absolute atomic E-state index is 12.6. The highest BCUT2D eigenvalue weighted by atomic mass is 32.1. The molecule has 4 heterocycles. The van der Waals surface area contributed by atoms with Crippen LogP contribution in [-0.2, 0) is 17.8 Å². The normalized spacial score (nSPS) is 18.3. The average Bonchev–Trinajstić information content (AvgIpc) is 3.31. The van der Waals surface area contributed by atoms with Gasteiger partial charge in [-0.25, -0.2) is 4.98 Å². The standard InChI is InChI=1S/C19H24N4O2S2/c1-13-4-8-23(9-5-13)17(24)12-22-7-6-14-16(11-22)27-19(20-14)21-18(25)15-3-2-10-26-15/h2-3,10,13H,4-9,11-12H2,1H3,(H,20,21,25). The lowest BCUT2D eigenvalue weighted by Gasteiger charge is -2.33. The van der Waals surface area contributed by atoms with E-state index in [2.05, 4.69) is 22.1 Å². The van der Waals surface area contributed by atoms with Gasteiger partial charge in [-0.3, -0.25) is 19.8 Å². The molecule has 0 spiro atoms. The summed E-state index contributed by atoms with van der Waals surface area (Å²) in [7, 11) is 0. The van der Waals surface area contributed by atoms with Gasteiger partial charge in [-0.2, -0.15) is 0 Å². The van der Waals surface area contributed by atoms with Crippen molar-refractivity contribution in [3.63, 3.8) is 0 Å². The van der Waals surface area contributed by atoms with Crippen molar-refractivity contribution >= 4 is 39.6 Å². The molecule has 0 atom stereocenters. The van der Waals surface area contributed by atoms with E-state index in [0.29, 0.717) is 16.6 Å². The van der Waals surface area contributed by atoms with Crippen molar-refractivity contribution in [3.8, 4) is 0 Å². The number of amides is 2. The number of thiazole rings is 1. The number of hydrogen-bond donors (Lipinski definition) is 1. The number of rotatable bonds is 4. The highest BCUT2D eigenvalue weighted by molar-refractivity contribution is 7.16. The van der Waals surface area contributed by atoms with Crippen molar-refractivity contribution in [2.45, 2.75) is 32.7 Å². The van der Waals surface area contributed by atoms with E-state index < -0.39 is 0 Å². The van der Waals surface area contributed by atoms with Crippen molar-refractivity contribution in [1.29, 1.82) is 0 Å². The fourth-order valence-electron chi connectivity index (χ4n) is 3.55. The minimum atomic E-state index is -0.109. The van der Waals surface area contributed by atoms with Gasteiger partial charge in [-0.1, -0.05) is 13.0 Å². The molecule has 27 heavy (non-hydrogen) atoms. The number of piperidine rings is 1. The van der Waals surface area contributed by atoms with Crippen molar-refractivity contribution in [1.82, 2.24) is 14.8 Å². The minimum Gasteiger partial charge on any atom is -0.342 e. The van der Waals surface area contributed by atoms with Crippen LogP contribution in [0.4, 0.5) is 5.13 Å². The van der Waals surface area contributed by atoms with E-state index in [1.165, 1.54) is 22.7 Å². The van der Waals surface area contributed by atoms with E-state index in [9.17, 15) is 9.59 Å². The highest BCUT2D eigenvalue weighted by Crippen LogP contribution is 2.29. The summed E-state index contributed by atoms with van der Waals surface area (Å²) in [5.41, 5.74) is 1.05. The van der Waals surface area contributed by atoms with Gasteiger partial charge in [0.2, 0.25) is 5.91 Å². The number of thiophene rings is 1. The van der Waals surface area contributed by atoms with Crippen LogP contribution in [0.5, 0.6) is 0 Å². The number of likely N-dealkylation sites (tertiary alicyclic amines) is 1. The van der Waals surface area contributed by atoms with Gasteiger partial charge in [-0.15, -0.1) is 22.7 Å². The van der Waals surface area contributed by atoms with Crippen LogP contribution in [0.25, 0.3) is 0 Å². The quantitative estimate of drug-likeness (QED) is 0.851. The molecule has 2 aromatic heterocycles. The summed E-state index contributed by atoms with van der Waals surface area (Å²) in [5.74, 6) is 0.857. The third-order valence-corrected chi connectivity index (χ3v) is 7.14. The van der Waals surface area contributed by atoms with E-state index in [0.717, 1.165) is 61.9 Å². The van der Waals surface area contributed by atoms with Crippen LogP contribution in [-0.4, -0.2) is 52.8 Å². The zero-order chi connectivity index (χ0) is 18.8. The molecule has 8 heteroatoms. The van der Waals surface area contributed by atoms with Gasteiger partial charge >= 0.3 is 0 Å². The molecule has 0 aromatic carbocycles. The third-order valence-electron chi connectivity index (χ3n) is 5.27. The second kappa shape index (κ2) is 8.08. The lowest BCUT2D eigenvalue weighted by atomic mass is 9.99. The molecular formula is C19H24N4O2S2. The number of nitrogens with one attached hydrogen (secondary N) is 1. The topological polar surface area (TPSA) is 65.5 Å². The van der Waals surface area contributed by atoms with Crippen molar-refractivity contribution < 1.29 is 9.59 Å². The van der Waals surface area contributed by atoms with Crippen LogP contribution in [0, 0.1) is 5.92 Å². The Kier molecular flexibility index (Phi) is 5.56. The fraction of sp³-hybridized carbons (Fsp3) is 0.526. The molecule has 2 aliphatic heterocycles. The first-order chi connectivity index (χ1) is 13.1. The molecule has 0 unspecified atom stereocenters. The first-order valence-corrected chi connectivity index (χ1v) is 11.1. The summed E-state index contributed by atoms with van der Waals surface area (Å²) < 4.78 is 0. The Morgan fingerprint density at radius 3 is 2.85 bits per heavy atom. The SMILES string of the molecule is CC1CCN(C(=O)CN2CCc3nc(NC(=O)c4cccs4)sc3C2)CC1. The number of aromatic nitrogens is 1. The maximum atomic E-state index is 12.6. The van der Waals surface area contributed by atoms with Gasteiger partial charge in [0.1, 0.15) is 0 Å². The van der Waals surface area contributed by atoms with Crippen LogP contribution in [0.1, 0.15) is 40.0 Å². The molecule has 2 amide bonds. The molecule has 1 saturated heterocycles. The van der Waals surface area contributed by atoms with Crippen LogP contribution in [0.2, 0.25) is 0 Å². The summed E-state index contributed by atoms with van der Waals surface area (Å²) in [6, 6.07) is 3.67. The molecule has 2 aliphatic rings. The molecule has 1 N–H and O–H groups in total. The lowest BCUT2D eigenvalue weighted by molar-refractivity contribution is -0.133. The van der Waals surface area contributed by atoms with Crippen LogP contribution in [0.15, 0.2) is 17.5 Å². The Balaban J connectivity index is 1.34. The molecule has 0 bridgehead atoms. The third kappa shape index (κ3) is 4.39.